The average Bonchev–Trinajstić information content (AvgIpc) is 2.86. The first-order valence-corrected chi connectivity index (χ1v) is 6.20. The van der Waals surface area contributed by atoms with E-state index < -0.39 is 0 Å². The van der Waals surface area contributed by atoms with Gasteiger partial charge in [0.2, 0.25) is 4.96 Å². The van der Waals surface area contributed by atoms with Crippen LogP contribution in [0.1, 0.15) is 11.3 Å². The number of thiazole rings is 1. The van der Waals surface area contributed by atoms with Gasteiger partial charge in [-0.3, -0.25) is 4.40 Å². The van der Waals surface area contributed by atoms with Gasteiger partial charge in [0.25, 0.3) is 0 Å². The number of benzene rings is 1. The van der Waals surface area contributed by atoms with E-state index in [9.17, 15) is 0 Å². The van der Waals surface area contributed by atoms with E-state index in [4.69, 9.17) is 5.73 Å². The van der Waals surface area contributed by atoms with Gasteiger partial charge in [-0.2, -0.15) is 0 Å². The summed E-state index contributed by atoms with van der Waals surface area (Å²) < 4.78 is 2.05. The summed E-state index contributed by atoms with van der Waals surface area (Å²) in [4.78, 5) is 0.914. The third kappa shape index (κ3) is 1.51. The highest BCUT2D eigenvalue weighted by molar-refractivity contribution is 7.15. The number of nitrogens with two attached hydrogens (primary N) is 1. The zero-order valence-corrected chi connectivity index (χ0v) is 10.5. The van der Waals surface area contributed by atoms with Gasteiger partial charge >= 0.3 is 0 Å². The molecule has 0 saturated heterocycles. The second kappa shape index (κ2) is 3.56. The van der Waals surface area contributed by atoms with Crippen LogP contribution in [0.3, 0.4) is 0 Å². The molecular weight excluding hydrogens is 232 g/mol. The summed E-state index contributed by atoms with van der Waals surface area (Å²) in [6.45, 7) is 4.04. The Morgan fingerprint density at radius 2 is 2.06 bits per heavy atom. The van der Waals surface area contributed by atoms with Gasteiger partial charge in [-0.1, -0.05) is 12.1 Å². The van der Waals surface area contributed by atoms with Crippen LogP contribution in [0.15, 0.2) is 23.6 Å². The Hall–Kier alpha value is -1.88. The van der Waals surface area contributed by atoms with Crippen molar-refractivity contribution in [3.63, 3.8) is 0 Å². The van der Waals surface area contributed by atoms with Crippen LogP contribution in [-0.2, 0) is 0 Å². The zero-order chi connectivity index (χ0) is 12.0. The maximum Gasteiger partial charge on any atom is 0.216 e. The normalized spacial score (nSPS) is 11.2. The maximum absolute atomic E-state index is 5.93. The van der Waals surface area contributed by atoms with Gasteiger partial charge in [0.1, 0.15) is 0 Å². The quantitative estimate of drug-likeness (QED) is 0.669. The van der Waals surface area contributed by atoms with Gasteiger partial charge in [-0.15, -0.1) is 21.5 Å². The first-order valence-electron chi connectivity index (χ1n) is 5.32. The molecule has 0 saturated carbocycles. The van der Waals surface area contributed by atoms with E-state index >= 15 is 0 Å². The summed E-state index contributed by atoms with van der Waals surface area (Å²) >= 11 is 1.59. The minimum atomic E-state index is 0.784. The summed E-state index contributed by atoms with van der Waals surface area (Å²) in [7, 11) is 0. The van der Waals surface area contributed by atoms with Gasteiger partial charge in [0, 0.05) is 22.3 Å². The van der Waals surface area contributed by atoms with Crippen LogP contribution in [0, 0.1) is 13.8 Å². The molecule has 5 heteroatoms. The Kier molecular flexibility index (Phi) is 2.16. The zero-order valence-electron chi connectivity index (χ0n) is 9.64. The lowest BCUT2D eigenvalue weighted by atomic mass is 10.1. The highest BCUT2D eigenvalue weighted by Gasteiger charge is 2.11. The number of nitrogen functional groups attached to an aromatic ring is 1. The van der Waals surface area contributed by atoms with Crippen LogP contribution in [0.4, 0.5) is 5.69 Å². The van der Waals surface area contributed by atoms with Crippen LogP contribution < -0.4 is 5.73 Å². The third-order valence-corrected chi connectivity index (χ3v) is 3.79. The van der Waals surface area contributed by atoms with Crippen molar-refractivity contribution < 1.29 is 0 Å². The lowest BCUT2D eigenvalue weighted by molar-refractivity contribution is 1.09. The van der Waals surface area contributed by atoms with Crippen molar-refractivity contribution in [2.75, 3.05) is 5.73 Å². The summed E-state index contributed by atoms with van der Waals surface area (Å²) in [5, 5.41) is 10.5. The van der Waals surface area contributed by atoms with Crippen molar-refractivity contribution in [1.29, 1.82) is 0 Å². The van der Waals surface area contributed by atoms with Crippen LogP contribution in [0.25, 0.3) is 16.3 Å². The Balaban J connectivity index is 2.26. The number of rotatable bonds is 1. The van der Waals surface area contributed by atoms with Gasteiger partial charge in [-0.25, -0.2) is 0 Å². The number of hydrogen-bond acceptors (Lipinski definition) is 4. The van der Waals surface area contributed by atoms with Crippen LogP contribution in [0.5, 0.6) is 0 Å². The number of anilines is 1. The Morgan fingerprint density at radius 3 is 2.82 bits per heavy atom. The Bertz CT molecular complexity index is 696. The Labute approximate surface area is 103 Å². The molecule has 3 rings (SSSR count). The smallest absolute Gasteiger partial charge is 0.216 e. The lowest BCUT2D eigenvalue weighted by Gasteiger charge is -2.03. The van der Waals surface area contributed by atoms with Crippen molar-refractivity contribution >= 4 is 22.0 Å². The average molecular weight is 244 g/mol. The molecule has 0 spiro atoms. The Morgan fingerprint density at radius 1 is 1.24 bits per heavy atom. The highest BCUT2D eigenvalue weighted by Crippen LogP contribution is 2.25. The minimum Gasteiger partial charge on any atom is -0.398 e. The van der Waals surface area contributed by atoms with Gasteiger partial charge < -0.3 is 5.73 Å². The molecule has 17 heavy (non-hydrogen) atoms. The van der Waals surface area contributed by atoms with E-state index in [0.717, 1.165) is 33.3 Å². The molecule has 0 atom stereocenters. The molecule has 0 aliphatic heterocycles. The van der Waals surface area contributed by atoms with E-state index in [1.54, 1.807) is 11.3 Å². The van der Waals surface area contributed by atoms with Crippen molar-refractivity contribution in [2.45, 2.75) is 13.8 Å². The molecule has 0 unspecified atom stereocenters. The first-order chi connectivity index (χ1) is 8.16. The van der Waals surface area contributed by atoms with Crippen molar-refractivity contribution in [3.05, 3.63) is 34.8 Å². The predicted molar refractivity (Wildman–Crippen MR) is 70.2 cm³/mol. The SMILES string of the molecule is Cc1ccc(-c2nnc3scc(C)n23)cc1N. The van der Waals surface area contributed by atoms with Crippen molar-refractivity contribution in [1.82, 2.24) is 14.6 Å². The number of hydrogen-bond donors (Lipinski definition) is 1. The second-order valence-electron chi connectivity index (χ2n) is 4.09. The van der Waals surface area contributed by atoms with E-state index in [-0.39, 0.29) is 0 Å². The summed E-state index contributed by atoms with van der Waals surface area (Å²) in [5.74, 6) is 0.852. The molecule has 86 valence electrons. The third-order valence-electron chi connectivity index (χ3n) is 2.86. The summed E-state index contributed by atoms with van der Waals surface area (Å²) in [6, 6.07) is 5.98. The first kappa shape index (κ1) is 10.3. The number of aromatic nitrogens is 3. The van der Waals surface area contributed by atoms with E-state index in [1.165, 1.54) is 0 Å². The predicted octanol–water partition coefficient (Wildman–Crippen LogP) is 2.66. The van der Waals surface area contributed by atoms with Crippen LogP contribution >= 0.6 is 11.3 Å². The fourth-order valence-electron chi connectivity index (χ4n) is 1.82. The van der Waals surface area contributed by atoms with E-state index in [0.29, 0.717) is 0 Å². The van der Waals surface area contributed by atoms with Gasteiger partial charge in [0.15, 0.2) is 5.82 Å². The molecule has 0 bridgehead atoms. The van der Waals surface area contributed by atoms with E-state index in [1.807, 2.05) is 32.0 Å². The molecule has 0 aliphatic rings. The fourth-order valence-corrected chi connectivity index (χ4v) is 2.63. The second-order valence-corrected chi connectivity index (χ2v) is 4.93. The number of aryl methyl sites for hydroxylation is 2. The molecule has 2 aromatic heterocycles. The number of nitrogens with zero attached hydrogens (tertiary/aromatic N) is 3. The largest absolute Gasteiger partial charge is 0.398 e. The molecular formula is C12H12N4S. The molecule has 2 heterocycles. The molecule has 3 aromatic rings. The monoisotopic (exact) mass is 244 g/mol. The summed E-state index contributed by atoms with van der Waals surface area (Å²) in [5.41, 5.74) is 9.94. The number of fused-ring (bicyclic) bond motifs is 1. The molecule has 4 nitrogen and oxygen atoms in total. The van der Waals surface area contributed by atoms with Gasteiger partial charge in [0.05, 0.1) is 0 Å². The van der Waals surface area contributed by atoms with E-state index in [2.05, 4.69) is 20.0 Å². The lowest BCUT2D eigenvalue weighted by Crippen LogP contribution is -1.93. The van der Waals surface area contributed by atoms with Crippen LogP contribution in [0.2, 0.25) is 0 Å². The standard InChI is InChI=1S/C12H12N4S/c1-7-3-4-9(5-10(7)13)11-14-15-12-16(11)8(2)6-17-12/h3-6H,13H2,1-2H3. The topological polar surface area (TPSA) is 56.2 Å². The van der Waals surface area contributed by atoms with Crippen LogP contribution in [-0.4, -0.2) is 14.6 Å². The fraction of sp³-hybridized carbons (Fsp3) is 0.167. The molecule has 1 aromatic carbocycles. The molecule has 0 aliphatic carbocycles. The maximum atomic E-state index is 5.93. The minimum absolute atomic E-state index is 0.784. The van der Waals surface area contributed by atoms with Gasteiger partial charge in [-0.05, 0) is 25.5 Å². The van der Waals surface area contributed by atoms with Crippen molar-refractivity contribution in [2.24, 2.45) is 0 Å². The summed E-state index contributed by atoms with van der Waals surface area (Å²) in [6.07, 6.45) is 0. The molecule has 0 radical (unpaired) electrons. The van der Waals surface area contributed by atoms with Crippen molar-refractivity contribution in [3.8, 4) is 11.4 Å². The molecule has 2 N–H and O–H groups in total. The highest BCUT2D eigenvalue weighted by atomic mass is 32.1. The molecule has 0 fully saturated rings. The molecule has 0 amide bonds.